The van der Waals surface area contributed by atoms with Crippen molar-refractivity contribution in [3.8, 4) is 0 Å². The molecule has 1 aliphatic carbocycles. The highest BCUT2D eigenvalue weighted by Gasteiger charge is 2.43. The predicted molar refractivity (Wildman–Crippen MR) is 52.2 cm³/mol. The van der Waals surface area contributed by atoms with Crippen molar-refractivity contribution < 1.29 is 9.90 Å². The second-order valence-electron chi connectivity index (χ2n) is 3.20. The third-order valence-corrected chi connectivity index (χ3v) is 2.34. The number of halogens is 1. The van der Waals surface area contributed by atoms with Crippen molar-refractivity contribution in [1.29, 1.82) is 0 Å². The highest BCUT2D eigenvalue weighted by molar-refractivity contribution is 5.85. The zero-order valence-electron chi connectivity index (χ0n) is 7.01. The summed E-state index contributed by atoms with van der Waals surface area (Å²) in [6.07, 6.45) is 0.805. The van der Waals surface area contributed by atoms with E-state index in [0.717, 1.165) is 12.0 Å². The number of hydrogen-bond acceptors (Lipinski definition) is 1. The van der Waals surface area contributed by atoms with Gasteiger partial charge in [-0.2, -0.15) is 0 Å². The summed E-state index contributed by atoms with van der Waals surface area (Å²) in [7, 11) is 0. The van der Waals surface area contributed by atoms with E-state index < -0.39 is 5.97 Å². The standard InChI is InChI=1S/C10H10O2.ClH/c11-10(12)9-6-8(9)7-4-2-1-3-5-7;/h1-5,8-9H,6H2,(H,11,12);1H/t8-,9+;/m0./s1. The summed E-state index contributed by atoms with van der Waals surface area (Å²) in [4.78, 5) is 10.5. The lowest BCUT2D eigenvalue weighted by Crippen LogP contribution is -1.98. The molecule has 0 amide bonds. The van der Waals surface area contributed by atoms with Gasteiger partial charge in [0, 0.05) is 0 Å². The van der Waals surface area contributed by atoms with Gasteiger partial charge in [0.15, 0.2) is 0 Å². The molecule has 2 nitrogen and oxygen atoms in total. The van der Waals surface area contributed by atoms with Gasteiger partial charge in [-0.1, -0.05) is 30.3 Å². The van der Waals surface area contributed by atoms with E-state index in [1.54, 1.807) is 0 Å². The summed E-state index contributed by atoms with van der Waals surface area (Å²) < 4.78 is 0. The molecule has 0 radical (unpaired) electrons. The highest BCUT2D eigenvalue weighted by Crippen LogP contribution is 2.47. The van der Waals surface area contributed by atoms with Crippen LogP contribution in [0.4, 0.5) is 0 Å². The first-order valence-corrected chi connectivity index (χ1v) is 4.07. The molecule has 1 saturated carbocycles. The van der Waals surface area contributed by atoms with Crippen LogP contribution in [0.3, 0.4) is 0 Å². The van der Waals surface area contributed by atoms with Crippen LogP contribution in [0, 0.1) is 5.92 Å². The van der Waals surface area contributed by atoms with Crippen molar-refractivity contribution in [3.63, 3.8) is 0 Å². The molecule has 3 heteroatoms. The molecule has 70 valence electrons. The van der Waals surface area contributed by atoms with Crippen LogP contribution in [0.1, 0.15) is 17.9 Å². The van der Waals surface area contributed by atoms with Crippen LogP contribution in [0.25, 0.3) is 0 Å². The van der Waals surface area contributed by atoms with E-state index >= 15 is 0 Å². The normalized spacial score (nSPS) is 24.6. The summed E-state index contributed by atoms with van der Waals surface area (Å²) in [5.74, 6) is -0.528. The molecule has 0 aliphatic heterocycles. The Labute approximate surface area is 83.0 Å². The van der Waals surface area contributed by atoms with E-state index in [9.17, 15) is 4.79 Å². The first-order chi connectivity index (χ1) is 5.79. The molecule has 1 aliphatic rings. The number of rotatable bonds is 2. The van der Waals surface area contributed by atoms with Gasteiger partial charge in [-0.3, -0.25) is 4.79 Å². The van der Waals surface area contributed by atoms with Crippen molar-refractivity contribution >= 4 is 18.4 Å². The van der Waals surface area contributed by atoms with E-state index in [0.29, 0.717) is 0 Å². The molecule has 1 N–H and O–H groups in total. The summed E-state index contributed by atoms with van der Waals surface area (Å²) in [5.41, 5.74) is 1.16. The van der Waals surface area contributed by atoms with Crippen molar-refractivity contribution in [2.75, 3.05) is 0 Å². The van der Waals surface area contributed by atoms with E-state index in [-0.39, 0.29) is 24.2 Å². The van der Waals surface area contributed by atoms with Crippen LogP contribution >= 0.6 is 12.4 Å². The van der Waals surface area contributed by atoms with Gasteiger partial charge in [0.1, 0.15) is 0 Å². The zero-order chi connectivity index (χ0) is 8.55. The molecule has 2 atom stereocenters. The second kappa shape index (κ2) is 3.79. The number of aliphatic carboxylic acids is 1. The third-order valence-electron chi connectivity index (χ3n) is 2.34. The van der Waals surface area contributed by atoms with Gasteiger partial charge in [-0.05, 0) is 17.9 Å². The number of benzene rings is 1. The van der Waals surface area contributed by atoms with Gasteiger partial charge in [-0.25, -0.2) is 0 Å². The highest BCUT2D eigenvalue weighted by atomic mass is 35.5. The molecule has 1 aromatic carbocycles. The average Bonchev–Trinajstić information content (AvgIpc) is 2.84. The van der Waals surface area contributed by atoms with Crippen LogP contribution in [0.2, 0.25) is 0 Å². The number of hydrogen-bond donors (Lipinski definition) is 1. The van der Waals surface area contributed by atoms with Gasteiger partial charge >= 0.3 is 5.97 Å². The summed E-state index contributed by atoms with van der Waals surface area (Å²) in [6.45, 7) is 0. The monoisotopic (exact) mass is 198 g/mol. The molecule has 0 aromatic heterocycles. The molecule has 2 rings (SSSR count). The third kappa shape index (κ3) is 2.01. The van der Waals surface area contributed by atoms with Crippen LogP contribution in [-0.2, 0) is 4.79 Å². The largest absolute Gasteiger partial charge is 0.481 e. The fourth-order valence-corrected chi connectivity index (χ4v) is 1.54. The SMILES string of the molecule is Cl.O=C(O)[C@@H]1C[C@H]1c1ccccc1. The van der Waals surface area contributed by atoms with Crippen LogP contribution in [0.5, 0.6) is 0 Å². The molecule has 1 fully saturated rings. The molecule has 1 aromatic rings. The Hall–Kier alpha value is -1.02. The maximum absolute atomic E-state index is 10.5. The number of carboxylic acid groups (broad SMARTS) is 1. The Morgan fingerprint density at radius 1 is 1.31 bits per heavy atom. The Morgan fingerprint density at radius 3 is 2.38 bits per heavy atom. The molecule has 13 heavy (non-hydrogen) atoms. The van der Waals surface area contributed by atoms with Gasteiger partial charge in [0.05, 0.1) is 5.92 Å². The summed E-state index contributed by atoms with van der Waals surface area (Å²) >= 11 is 0. The first-order valence-electron chi connectivity index (χ1n) is 4.07. The van der Waals surface area contributed by atoms with Crippen LogP contribution in [-0.4, -0.2) is 11.1 Å². The van der Waals surface area contributed by atoms with E-state index in [2.05, 4.69) is 0 Å². The zero-order valence-corrected chi connectivity index (χ0v) is 7.83. The molecule has 0 bridgehead atoms. The molecular formula is C10H11ClO2. The van der Waals surface area contributed by atoms with Crippen LogP contribution in [0.15, 0.2) is 30.3 Å². The van der Waals surface area contributed by atoms with Gasteiger partial charge in [0.2, 0.25) is 0 Å². The van der Waals surface area contributed by atoms with E-state index in [1.807, 2.05) is 30.3 Å². The molecule has 0 spiro atoms. The maximum Gasteiger partial charge on any atom is 0.307 e. The van der Waals surface area contributed by atoms with Crippen molar-refractivity contribution in [2.45, 2.75) is 12.3 Å². The fraction of sp³-hybridized carbons (Fsp3) is 0.300. The van der Waals surface area contributed by atoms with Crippen molar-refractivity contribution in [3.05, 3.63) is 35.9 Å². The van der Waals surface area contributed by atoms with Crippen molar-refractivity contribution in [1.82, 2.24) is 0 Å². The van der Waals surface area contributed by atoms with E-state index in [4.69, 9.17) is 5.11 Å². The Balaban J connectivity index is 0.000000845. The topological polar surface area (TPSA) is 37.3 Å². The van der Waals surface area contributed by atoms with Crippen LogP contribution < -0.4 is 0 Å². The smallest absolute Gasteiger partial charge is 0.307 e. The van der Waals surface area contributed by atoms with Gasteiger partial charge < -0.3 is 5.11 Å². The summed E-state index contributed by atoms with van der Waals surface area (Å²) in [6, 6.07) is 9.84. The minimum atomic E-state index is -0.663. The quantitative estimate of drug-likeness (QED) is 0.792. The number of carboxylic acids is 1. The lowest BCUT2D eigenvalue weighted by molar-refractivity contribution is -0.138. The Bertz CT molecular complexity index is 297. The molecular weight excluding hydrogens is 188 g/mol. The predicted octanol–water partition coefficient (Wildman–Crippen LogP) is 2.30. The number of carbonyl (C=O) groups is 1. The minimum Gasteiger partial charge on any atom is -0.481 e. The molecule has 0 heterocycles. The molecule has 0 unspecified atom stereocenters. The first kappa shape index (κ1) is 10.1. The minimum absolute atomic E-state index is 0. The fourth-order valence-electron chi connectivity index (χ4n) is 1.54. The van der Waals surface area contributed by atoms with E-state index in [1.165, 1.54) is 0 Å². The average molecular weight is 199 g/mol. The lowest BCUT2D eigenvalue weighted by atomic mass is 10.1. The summed E-state index contributed by atoms with van der Waals surface area (Å²) in [5, 5.41) is 8.68. The van der Waals surface area contributed by atoms with Gasteiger partial charge in [0.25, 0.3) is 0 Å². The van der Waals surface area contributed by atoms with Crippen molar-refractivity contribution in [2.24, 2.45) is 5.92 Å². The Morgan fingerprint density at radius 2 is 1.92 bits per heavy atom. The maximum atomic E-state index is 10.5. The van der Waals surface area contributed by atoms with Gasteiger partial charge in [-0.15, -0.1) is 12.4 Å². The second-order valence-corrected chi connectivity index (χ2v) is 3.20. The molecule has 0 saturated heterocycles. The lowest BCUT2D eigenvalue weighted by Gasteiger charge is -1.95. The Kier molecular flexibility index (Phi) is 2.94.